The first kappa shape index (κ1) is 18.9. The van der Waals surface area contributed by atoms with Gasteiger partial charge in [0.15, 0.2) is 0 Å². The fourth-order valence-corrected chi connectivity index (χ4v) is 3.95. The second kappa shape index (κ2) is 6.68. The fraction of sp³-hybridized carbons (Fsp3) is 0.333. The van der Waals surface area contributed by atoms with E-state index in [4.69, 9.17) is 0 Å². The predicted octanol–water partition coefficient (Wildman–Crippen LogP) is 3.28. The van der Waals surface area contributed by atoms with Crippen LogP contribution in [0.1, 0.15) is 24.0 Å². The Kier molecular flexibility index (Phi) is 4.85. The molecule has 1 aliphatic carbocycles. The van der Waals surface area contributed by atoms with E-state index in [9.17, 15) is 26.7 Å². The third-order valence-electron chi connectivity index (χ3n) is 4.55. The second-order valence-electron chi connectivity index (χ2n) is 6.41. The maximum absolute atomic E-state index is 12.6. The maximum atomic E-state index is 12.6. The zero-order valence-corrected chi connectivity index (χ0v) is 14.5. The van der Waals surface area contributed by atoms with Crippen LogP contribution in [0.4, 0.5) is 13.2 Å². The zero-order chi connectivity index (χ0) is 19.0. The first-order valence-corrected chi connectivity index (χ1v) is 9.56. The molecule has 1 aliphatic rings. The van der Waals surface area contributed by atoms with Crippen LogP contribution in [0.3, 0.4) is 0 Å². The van der Waals surface area contributed by atoms with Gasteiger partial charge in [0, 0.05) is 6.54 Å². The third kappa shape index (κ3) is 3.92. The van der Waals surface area contributed by atoms with Crippen LogP contribution >= 0.6 is 0 Å². The minimum absolute atomic E-state index is 0.0554. The second-order valence-corrected chi connectivity index (χ2v) is 8.18. The van der Waals surface area contributed by atoms with Crippen LogP contribution in [0, 0.1) is 5.92 Å². The van der Waals surface area contributed by atoms with Crippen molar-refractivity contribution in [3.63, 3.8) is 0 Å². The van der Waals surface area contributed by atoms with E-state index in [1.165, 1.54) is 0 Å². The first-order valence-electron chi connectivity index (χ1n) is 8.08. The van der Waals surface area contributed by atoms with Crippen LogP contribution in [0.2, 0.25) is 0 Å². The van der Waals surface area contributed by atoms with Gasteiger partial charge in [-0.05, 0) is 48.6 Å². The Morgan fingerprint density at radius 1 is 0.962 bits per heavy atom. The molecule has 1 atom stereocenters. The zero-order valence-electron chi connectivity index (χ0n) is 13.7. The molecule has 0 amide bonds. The molecule has 2 aromatic carbocycles. The lowest BCUT2D eigenvalue weighted by molar-refractivity contribution is -0.137. The van der Waals surface area contributed by atoms with E-state index in [-0.39, 0.29) is 17.4 Å². The number of aliphatic hydroxyl groups is 1. The molecule has 0 bridgehead atoms. The van der Waals surface area contributed by atoms with Gasteiger partial charge in [0.1, 0.15) is 5.60 Å². The van der Waals surface area contributed by atoms with Crippen LogP contribution in [0.15, 0.2) is 59.5 Å². The quantitative estimate of drug-likeness (QED) is 0.802. The molecular weight excluding hydrogens is 367 g/mol. The summed E-state index contributed by atoms with van der Waals surface area (Å²) < 4.78 is 65.0. The lowest BCUT2D eigenvalue weighted by Crippen LogP contribution is -2.42. The molecule has 0 spiro atoms. The lowest BCUT2D eigenvalue weighted by Gasteiger charge is -2.29. The van der Waals surface area contributed by atoms with Gasteiger partial charge in [-0.25, -0.2) is 13.1 Å². The smallest absolute Gasteiger partial charge is 0.383 e. The summed E-state index contributed by atoms with van der Waals surface area (Å²) in [5.74, 6) is -0.0554. The van der Waals surface area contributed by atoms with Crippen molar-refractivity contribution in [3.05, 3.63) is 65.7 Å². The molecule has 2 N–H and O–H groups in total. The first-order chi connectivity index (χ1) is 12.1. The van der Waals surface area contributed by atoms with Gasteiger partial charge in [-0.15, -0.1) is 0 Å². The van der Waals surface area contributed by atoms with E-state index in [0.717, 1.165) is 37.1 Å². The highest BCUT2D eigenvalue weighted by atomic mass is 32.2. The standard InChI is InChI=1S/C18H18F3NO3S/c19-18(20,21)15-8-10-16(11-9-15)26(24,25)22-12-17(23,14-6-7-14)13-4-2-1-3-5-13/h1-5,8-11,14,22-23H,6-7,12H2. The number of rotatable bonds is 6. The van der Waals surface area contributed by atoms with Crippen LogP contribution in [0.5, 0.6) is 0 Å². The minimum atomic E-state index is -4.53. The van der Waals surface area contributed by atoms with E-state index in [0.29, 0.717) is 5.56 Å². The van der Waals surface area contributed by atoms with Crippen molar-refractivity contribution in [2.75, 3.05) is 6.54 Å². The average Bonchev–Trinajstić information content (AvgIpc) is 3.45. The number of benzene rings is 2. The van der Waals surface area contributed by atoms with E-state index in [1.54, 1.807) is 30.3 Å². The molecule has 0 heterocycles. The number of hydrogen-bond acceptors (Lipinski definition) is 3. The molecule has 1 unspecified atom stereocenters. The predicted molar refractivity (Wildman–Crippen MR) is 89.7 cm³/mol. The van der Waals surface area contributed by atoms with Crippen LogP contribution in [-0.4, -0.2) is 20.1 Å². The summed E-state index contributed by atoms with van der Waals surface area (Å²) in [5, 5.41) is 11.0. The molecule has 2 aromatic rings. The van der Waals surface area contributed by atoms with Crippen LogP contribution in [-0.2, 0) is 21.8 Å². The normalized spacial score (nSPS) is 17.7. The molecule has 0 saturated heterocycles. The molecule has 1 saturated carbocycles. The molecule has 3 rings (SSSR count). The van der Waals surface area contributed by atoms with Gasteiger partial charge >= 0.3 is 6.18 Å². The average molecular weight is 385 g/mol. The van der Waals surface area contributed by atoms with Gasteiger partial charge in [0.25, 0.3) is 0 Å². The Bertz CT molecular complexity index is 863. The highest BCUT2D eigenvalue weighted by molar-refractivity contribution is 7.89. The summed E-state index contributed by atoms with van der Waals surface area (Å²) in [6.45, 7) is -0.245. The number of alkyl halides is 3. The number of hydrogen-bond donors (Lipinski definition) is 2. The van der Waals surface area contributed by atoms with Gasteiger partial charge in [0.2, 0.25) is 10.0 Å². The number of sulfonamides is 1. The third-order valence-corrected chi connectivity index (χ3v) is 5.97. The molecule has 4 nitrogen and oxygen atoms in total. The summed E-state index contributed by atoms with van der Waals surface area (Å²) >= 11 is 0. The van der Waals surface area contributed by atoms with Crippen molar-refractivity contribution >= 4 is 10.0 Å². The van der Waals surface area contributed by atoms with Crippen LogP contribution in [0.25, 0.3) is 0 Å². The molecule has 0 radical (unpaired) electrons. The Hall–Kier alpha value is -1.90. The Morgan fingerprint density at radius 2 is 1.54 bits per heavy atom. The highest BCUT2D eigenvalue weighted by Crippen LogP contribution is 2.45. The van der Waals surface area contributed by atoms with E-state index in [1.807, 2.05) is 0 Å². The fourth-order valence-electron chi connectivity index (χ4n) is 2.88. The molecule has 26 heavy (non-hydrogen) atoms. The molecule has 1 fully saturated rings. The Morgan fingerprint density at radius 3 is 2.04 bits per heavy atom. The van der Waals surface area contributed by atoms with E-state index < -0.39 is 27.4 Å². The van der Waals surface area contributed by atoms with Crippen molar-refractivity contribution in [3.8, 4) is 0 Å². The van der Waals surface area contributed by atoms with Crippen LogP contribution < -0.4 is 4.72 Å². The van der Waals surface area contributed by atoms with Gasteiger partial charge in [-0.1, -0.05) is 30.3 Å². The van der Waals surface area contributed by atoms with E-state index >= 15 is 0 Å². The number of nitrogens with one attached hydrogen (secondary N) is 1. The van der Waals surface area contributed by atoms with Crippen molar-refractivity contribution in [2.24, 2.45) is 5.92 Å². The van der Waals surface area contributed by atoms with Gasteiger partial charge < -0.3 is 5.11 Å². The molecule has 8 heteroatoms. The summed E-state index contributed by atoms with van der Waals surface area (Å²) in [6.07, 6.45) is -2.96. The van der Waals surface area contributed by atoms with Crippen molar-refractivity contribution < 1.29 is 26.7 Å². The van der Waals surface area contributed by atoms with Crippen molar-refractivity contribution in [1.82, 2.24) is 4.72 Å². The Balaban J connectivity index is 1.79. The van der Waals surface area contributed by atoms with Crippen molar-refractivity contribution in [1.29, 1.82) is 0 Å². The summed E-state index contributed by atoms with van der Waals surface area (Å²) in [7, 11) is -4.05. The molecule has 140 valence electrons. The SMILES string of the molecule is O=S(=O)(NCC(O)(c1ccccc1)C1CC1)c1ccc(C(F)(F)F)cc1. The number of halogens is 3. The monoisotopic (exact) mass is 385 g/mol. The lowest BCUT2D eigenvalue weighted by atomic mass is 9.89. The molecule has 0 aromatic heterocycles. The maximum Gasteiger partial charge on any atom is 0.416 e. The van der Waals surface area contributed by atoms with Gasteiger partial charge in [0.05, 0.1) is 10.5 Å². The largest absolute Gasteiger partial charge is 0.416 e. The topological polar surface area (TPSA) is 66.4 Å². The minimum Gasteiger partial charge on any atom is -0.383 e. The van der Waals surface area contributed by atoms with Gasteiger partial charge in [-0.2, -0.15) is 13.2 Å². The molecule has 0 aliphatic heterocycles. The summed E-state index contributed by atoms with van der Waals surface area (Å²) in [5.41, 5.74) is -1.66. The summed E-state index contributed by atoms with van der Waals surface area (Å²) in [6, 6.07) is 12.0. The van der Waals surface area contributed by atoms with Crippen molar-refractivity contribution in [2.45, 2.75) is 29.5 Å². The van der Waals surface area contributed by atoms with E-state index in [2.05, 4.69) is 4.72 Å². The Labute approximate surface area is 149 Å². The molecular formula is C18H18F3NO3S. The summed E-state index contributed by atoms with van der Waals surface area (Å²) in [4.78, 5) is -0.281. The highest BCUT2D eigenvalue weighted by Gasteiger charge is 2.45. The van der Waals surface area contributed by atoms with Gasteiger partial charge in [-0.3, -0.25) is 0 Å².